The Bertz CT molecular complexity index is 837. The minimum atomic E-state index is -0.379. The van der Waals surface area contributed by atoms with Crippen LogP contribution < -0.4 is 5.46 Å². The number of fused-ring (bicyclic) bond motifs is 1. The van der Waals surface area contributed by atoms with Crippen LogP contribution in [0.4, 0.5) is 0 Å². The second-order valence-electron chi connectivity index (χ2n) is 9.33. The standard InChI is InChI=1S/C21H30BNO4/c1-14(24)25-13-19(2,3)11-15-12-23-18-9-8-16(10-17(15)18)22-26-20(4,5)21(6,7)27-22/h8-10,12,23H,11,13H2,1-7H3. The van der Waals surface area contributed by atoms with Crippen LogP contribution in [0.25, 0.3) is 10.9 Å². The van der Waals surface area contributed by atoms with Crippen LogP contribution in [-0.4, -0.2) is 35.9 Å². The van der Waals surface area contributed by atoms with Crippen molar-refractivity contribution in [2.24, 2.45) is 5.41 Å². The Morgan fingerprint density at radius 3 is 2.41 bits per heavy atom. The van der Waals surface area contributed by atoms with Gasteiger partial charge >= 0.3 is 13.1 Å². The molecule has 0 radical (unpaired) electrons. The van der Waals surface area contributed by atoms with Crippen LogP contribution in [-0.2, 0) is 25.3 Å². The summed E-state index contributed by atoms with van der Waals surface area (Å²) >= 11 is 0. The summed E-state index contributed by atoms with van der Waals surface area (Å²) in [4.78, 5) is 14.5. The van der Waals surface area contributed by atoms with Crippen LogP contribution in [0.5, 0.6) is 0 Å². The van der Waals surface area contributed by atoms with Crippen molar-refractivity contribution in [1.82, 2.24) is 4.98 Å². The predicted molar refractivity (Wildman–Crippen MR) is 108 cm³/mol. The minimum absolute atomic E-state index is 0.152. The van der Waals surface area contributed by atoms with Crippen molar-refractivity contribution < 1.29 is 18.8 Å². The number of benzene rings is 1. The summed E-state index contributed by atoms with van der Waals surface area (Å²) in [6.07, 6.45) is 2.83. The van der Waals surface area contributed by atoms with Gasteiger partial charge in [-0.1, -0.05) is 26.0 Å². The van der Waals surface area contributed by atoms with Crippen LogP contribution in [0.3, 0.4) is 0 Å². The predicted octanol–water partition coefficient (Wildman–Crippen LogP) is 3.60. The van der Waals surface area contributed by atoms with Gasteiger partial charge < -0.3 is 19.0 Å². The molecule has 1 aliphatic rings. The number of nitrogens with one attached hydrogen (secondary N) is 1. The molecule has 0 unspecified atom stereocenters. The maximum Gasteiger partial charge on any atom is 0.494 e. The number of aromatic amines is 1. The normalized spacial score (nSPS) is 18.9. The zero-order valence-corrected chi connectivity index (χ0v) is 17.4. The molecule has 1 aliphatic heterocycles. The van der Waals surface area contributed by atoms with Crippen molar-refractivity contribution >= 4 is 29.5 Å². The first-order chi connectivity index (χ1) is 12.4. The lowest BCUT2D eigenvalue weighted by Crippen LogP contribution is -2.41. The zero-order chi connectivity index (χ0) is 20.0. The second kappa shape index (κ2) is 6.68. The summed E-state index contributed by atoms with van der Waals surface area (Å²) < 4.78 is 17.6. The van der Waals surface area contributed by atoms with E-state index in [9.17, 15) is 4.79 Å². The third-order valence-electron chi connectivity index (χ3n) is 5.65. The van der Waals surface area contributed by atoms with E-state index >= 15 is 0 Å². The highest BCUT2D eigenvalue weighted by Crippen LogP contribution is 2.37. The van der Waals surface area contributed by atoms with Gasteiger partial charge in [-0.05, 0) is 51.2 Å². The molecule has 3 rings (SSSR count). The van der Waals surface area contributed by atoms with E-state index in [1.807, 2.05) is 6.20 Å². The average Bonchev–Trinajstić information content (AvgIpc) is 3.03. The van der Waals surface area contributed by atoms with Crippen molar-refractivity contribution in [3.8, 4) is 0 Å². The number of carbonyl (C=O) groups excluding carboxylic acids is 1. The van der Waals surface area contributed by atoms with Gasteiger partial charge in [-0.2, -0.15) is 0 Å². The first kappa shape index (κ1) is 20.0. The van der Waals surface area contributed by atoms with E-state index in [-0.39, 0.29) is 29.7 Å². The summed E-state index contributed by atoms with van der Waals surface area (Å²) in [5.74, 6) is -0.245. The Morgan fingerprint density at radius 2 is 1.81 bits per heavy atom. The smallest absolute Gasteiger partial charge is 0.465 e. The van der Waals surface area contributed by atoms with Crippen LogP contribution in [0.1, 0.15) is 54.0 Å². The van der Waals surface area contributed by atoms with Crippen LogP contribution in [0.2, 0.25) is 0 Å². The van der Waals surface area contributed by atoms with Gasteiger partial charge in [0.2, 0.25) is 0 Å². The molecule has 1 fully saturated rings. The minimum Gasteiger partial charge on any atom is -0.465 e. The Kier molecular flexibility index (Phi) is 4.94. The van der Waals surface area contributed by atoms with E-state index in [1.54, 1.807) is 0 Å². The molecule has 1 aromatic carbocycles. The highest BCUT2D eigenvalue weighted by Gasteiger charge is 2.51. The first-order valence-electron chi connectivity index (χ1n) is 9.49. The maximum absolute atomic E-state index is 11.1. The number of carbonyl (C=O) groups is 1. The largest absolute Gasteiger partial charge is 0.494 e. The van der Waals surface area contributed by atoms with Crippen molar-refractivity contribution in [1.29, 1.82) is 0 Å². The lowest BCUT2D eigenvalue weighted by Gasteiger charge is -2.32. The van der Waals surface area contributed by atoms with E-state index < -0.39 is 0 Å². The van der Waals surface area contributed by atoms with Crippen molar-refractivity contribution in [3.05, 3.63) is 30.0 Å². The highest BCUT2D eigenvalue weighted by atomic mass is 16.7. The Balaban J connectivity index is 1.86. The molecule has 6 heteroatoms. The van der Waals surface area contributed by atoms with Gasteiger partial charge in [0.05, 0.1) is 17.8 Å². The van der Waals surface area contributed by atoms with Gasteiger partial charge in [0.15, 0.2) is 0 Å². The Morgan fingerprint density at radius 1 is 1.19 bits per heavy atom. The molecule has 1 saturated heterocycles. The number of hydrogen-bond donors (Lipinski definition) is 1. The molecule has 0 bridgehead atoms. The van der Waals surface area contributed by atoms with Gasteiger partial charge in [0.25, 0.3) is 0 Å². The monoisotopic (exact) mass is 371 g/mol. The molecule has 146 valence electrons. The summed E-state index contributed by atoms with van der Waals surface area (Å²) in [6, 6.07) is 6.26. The maximum atomic E-state index is 11.1. The number of esters is 1. The molecule has 0 spiro atoms. The Labute approximate surface area is 161 Å². The van der Waals surface area contributed by atoms with Crippen molar-refractivity contribution in [3.63, 3.8) is 0 Å². The van der Waals surface area contributed by atoms with Crippen LogP contribution >= 0.6 is 0 Å². The number of rotatable bonds is 5. The molecule has 0 aliphatic carbocycles. The van der Waals surface area contributed by atoms with Gasteiger partial charge in [-0.3, -0.25) is 4.79 Å². The fourth-order valence-electron chi connectivity index (χ4n) is 3.33. The zero-order valence-electron chi connectivity index (χ0n) is 17.4. The third-order valence-corrected chi connectivity index (χ3v) is 5.65. The molecule has 27 heavy (non-hydrogen) atoms. The number of H-pyrrole nitrogens is 1. The fraction of sp³-hybridized carbons (Fsp3) is 0.571. The molecule has 0 saturated carbocycles. The van der Waals surface area contributed by atoms with Crippen molar-refractivity contribution in [2.45, 2.75) is 66.1 Å². The SMILES string of the molecule is CC(=O)OCC(C)(C)Cc1c[nH]c2ccc(B3OC(C)(C)C(C)(C)O3)cc12. The van der Waals surface area contributed by atoms with Gasteiger partial charge in [-0.25, -0.2) is 0 Å². The first-order valence-corrected chi connectivity index (χ1v) is 9.49. The van der Waals surface area contributed by atoms with Gasteiger partial charge in [0, 0.05) is 29.4 Å². The molecular weight excluding hydrogens is 341 g/mol. The summed E-state index contributed by atoms with van der Waals surface area (Å²) in [6.45, 7) is 14.3. The number of aromatic nitrogens is 1. The lowest BCUT2D eigenvalue weighted by atomic mass is 9.78. The quantitative estimate of drug-likeness (QED) is 0.645. The van der Waals surface area contributed by atoms with Crippen LogP contribution in [0, 0.1) is 5.41 Å². The average molecular weight is 371 g/mol. The molecule has 0 atom stereocenters. The molecule has 5 nitrogen and oxygen atoms in total. The number of ether oxygens (including phenoxy) is 1. The lowest BCUT2D eigenvalue weighted by molar-refractivity contribution is -0.143. The Hall–Kier alpha value is -1.79. The molecule has 2 heterocycles. The van der Waals surface area contributed by atoms with E-state index in [0.717, 1.165) is 22.8 Å². The van der Waals surface area contributed by atoms with E-state index in [0.29, 0.717) is 6.61 Å². The van der Waals surface area contributed by atoms with E-state index in [1.165, 1.54) is 12.5 Å². The molecule has 1 N–H and O–H groups in total. The fourth-order valence-corrected chi connectivity index (χ4v) is 3.33. The molecule has 0 amide bonds. The molecular formula is C21H30BNO4. The highest BCUT2D eigenvalue weighted by molar-refractivity contribution is 6.62. The molecule has 1 aromatic heterocycles. The van der Waals surface area contributed by atoms with Gasteiger partial charge in [-0.15, -0.1) is 0 Å². The molecule has 2 aromatic rings. The van der Waals surface area contributed by atoms with Gasteiger partial charge in [0.1, 0.15) is 0 Å². The summed E-state index contributed by atoms with van der Waals surface area (Å²) in [7, 11) is -0.379. The van der Waals surface area contributed by atoms with E-state index in [4.69, 9.17) is 14.0 Å². The summed E-state index contributed by atoms with van der Waals surface area (Å²) in [5.41, 5.74) is 2.41. The second-order valence-corrected chi connectivity index (χ2v) is 9.33. The summed E-state index contributed by atoms with van der Waals surface area (Å²) in [5, 5.41) is 1.15. The van der Waals surface area contributed by atoms with Crippen LogP contribution in [0.15, 0.2) is 24.4 Å². The van der Waals surface area contributed by atoms with E-state index in [2.05, 4.69) is 64.7 Å². The third kappa shape index (κ3) is 4.07. The topological polar surface area (TPSA) is 60.6 Å². The number of hydrogen-bond acceptors (Lipinski definition) is 4. The van der Waals surface area contributed by atoms with Crippen molar-refractivity contribution in [2.75, 3.05) is 6.61 Å².